The van der Waals surface area contributed by atoms with Crippen LogP contribution < -0.4 is 10.5 Å². The Morgan fingerprint density at radius 1 is 1.15 bits per heavy atom. The van der Waals surface area contributed by atoms with E-state index in [1.165, 1.54) is 6.26 Å². The third-order valence-electron chi connectivity index (χ3n) is 5.97. The first kappa shape index (κ1) is 21.2. The number of hydrogen-bond donors (Lipinski definition) is 2. The lowest BCUT2D eigenvalue weighted by molar-refractivity contribution is 0.228. The van der Waals surface area contributed by atoms with Crippen molar-refractivity contribution in [1.29, 1.82) is 4.78 Å². The fourth-order valence-electron chi connectivity index (χ4n) is 4.24. The number of aromatic nitrogens is 3. The zero-order valence-corrected chi connectivity index (χ0v) is 19.5. The molecule has 2 aromatic carbocycles. The van der Waals surface area contributed by atoms with Crippen molar-refractivity contribution in [2.45, 2.75) is 31.4 Å². The topological polar surface area (TPSA) is 107 Å². The minimum atomic E-state index is -2.89. The molecule has 33 heavy (non-hydrogen) atoms. The Hall–Kier alpha value is -3.65. The summed E-state index contributed by atoms with van der Waals surface area (Å²) >= 11 is 0. The van der Waals surface area contributed by atoms with Gasteiger partial charge in [-0.1, -0.05) is 29.8 Å². The Labute approximate surface area is 193 Å². The van der Waals surface area contributed by atoms with Crippen molar-refractivity contribution < 1.29 is 8.95 Å². The van der Waals surface area contributed by atoms with Crippen LogP contribution in [0.4, 0.5) is 5.82 Å². The summed E-state index contributed by atoms with van der Waals surface area (Å²) in [6.45, 7) is 4.59. The number of ether oxygens (including phenoxy) is 1. The molecule has 0 radical (unpaired) electrons. The first-order valence-electron chi connectivity index (χ1n) is 10.6. The number of rotatable bonds is 1. The van der Waals surface area contributed by atoms with Crippen LogP contribution in [0.15, 0.2) is 66.0 Å². The number of benzene rings is 2. The number of nitrogen functional groups attached to an aromatic ring is 1. The second kappa shape index (κ2) is 7.74. The van der Waals surface area contributed by atoms with Gasteiger partial charge in [-0.15, -0.1) is 0 Å². The van der Waals surface area contributed by atoms with Gasteiger partial charge in [-0.2, -0.15) is 0 Å². The van der Waals surface area contributed by atoms with E-state index >= 15 is 0 Å². The first-order valence-corrected chi connectivity index (χ1v) is 12.6. The van der Waals surface area contributed by atoms with Crippen molar-refractivity contribution in [2.24, 2.45) is 0 Å². The predicted molar refractivity (Wildman–Crippen MR) is 130 cm³/mol. The highest BCUT2D eigenvalue weighted by molar-refractivity contribution is 7.91. The van der Waals surface area contributed by atoms with Crippen LogP contribution in [-0.2, 0) is 16.3 Å². The van der Waals surface area contributed by atoms with Crippen LogP contribution in [-0.4, -0.2) is 25.0 Å². The van der Waals surface area contributed by atoms with Crippen molar-refractivity contribution in [3.05, 3.63) is 77.7 Å². The maximum Gasteiger partial charge on any atom is 0.166 e. The van der Waals surface area contributed by atoms with Crippen LogP contribution in [0.2, 0.25) is 0 Å². The number of anilines is 1. The number of aryl methyl sites for hydroxylation is 1. The summed E-state index contributed by atoms with van der Waals surface area (Å²) in [4.78, 5) is 9.50. The molecule has 3 heterocycles. The predicted octanol–water partition coefficient (Wildman–Crippen LogP) is 5.04. The quantitative estimate of drug-likeness (QED) is 0.415. The van der Waals surface area contributed by atoms with Gasteiger partial charge >= 0.3 is 0 Å². The van der Waals surface area contributed by atoms with E-state index in [1.807, 2.05) is 31.3 Å². The molecule has 1 aliphatic rings. The number of pyridine rings is 1. The van der Waals surface area contributed by atoms with E-state index in [-0.39, 0.29) is 6.10 Å². The van der Waals surface area contributed by atoms with Crippen LogP contribution in [0.3, 0.4) is 0 Å². The van der Waals surface area contributed by atoms with E-state index in [0.717, 1.165) is 39.2 Å². The highest BCUT2D eigenvalue weighted by atomic mass is 32.2. The molecule has 1 unspecified atom stereocenters. The van der Waals surface area contributed by atoms with Gasteiger partial charge in [-0.25, -0.2) is 19.0 Å². The molecule has 0 saturated carbocycles. The molecule has 0 aliphatic carbocycles. The van der Waals surface area contributed by atoms with Crippen molar-refractivity contribution >= 4 is 15.5 Å². The van der Waals surface area contributed by atoms with Crippen molar-refractivity contribution in [1.82, 2.24) is 14.5 Å². The Morgan fingerprint density at radius 2 is 1.97 bits per heavy atom. The molecule has 2 aromatic heterocycles. The molecule has 1 aliphatic heterocycles. The summed E-state index contributed by atoms with van der Waals surface area (Å²) in [5.74, 6) is 1.62. The van der Waals surface area contributed by atoms with E-state index in [0.29, 0.717) is 23.0 Å². The molecule has 2 atom stereocenters. The molecule has 3 N–H and O–H groups in total. The molecule has 5 rings (SSSR count). The summed E-state index contributed by atoms with van der Waals surface area (Å²) in [5, 5.41) is 0. The lowest BCUT2D eigenvalue weighted by atomic mass is 9.98. The average molecular weight is 460 g/mol. The molecule has 168 valence electrons. The van der Waals surface area contributed by atoms with Crippen molar-refractivity contribution in [2.75, 3.05) is 12.0 Å². The number of nitrogens with two attached hydrogens (primary N) is 1. The van der Waals surface area contributed by atoms with Crippen LogP contribution >= 0.6 is 0 Å². The summed E-state index contributed by atoms with van der Waals surface area (Å²) < 4.78 is 29.0. The lowest BCUT2D eigenvalue weighted by Crippen LogP contribution is -2.11. The minimum absolute atomic E-state index is 0.294. The van der Waals surface area contributed by atoms with Crippen LogP contribution in [0.1, 0.15) is 29.7 Å². The van der Waals surface area contributed by atoms with Gasteiger partial charge in [0.05, 0.1) is 9.73 Å². The summed E-state index contributed by atoms with van der Waals surface area (Å²) in [7, 11) is -2.89. The summed E-state index contributed by atoms with van der Waals surface area (Å²) in [6.07, 6.45) is 6.57. The number of imidazole rings is 1. The van der Waals surface area contributed by atoms with E-state index in [9.17, 15) is 4.21 Å². The number of hydrogen-bond acceptors (Lipinski definition) is 6. The molecular weight excluding hydrogens is 434 g/mol. The average Bonchev–Trinajstić information content (AvgIpc) is 3.22. The number of nitrogens with one attached hydrogen (secondary N) is 1. The zero-order valence-electron chi connectivity index (χ0n) is 18.7. The van der Waals surface area contributed by atoms with Gasteiger partial charge in [0, 0.05) is 53.0 Å². The van der Waals surface area contributed by atoms with Crippen molar-refractivity contribution in [3.63, 3.8) is 0 Å². The molecule has 0 saturated heterocycles. The molecule has 8 heteroatoms. The molecule has 2 bridgehead atoms. The van der Waals surface area contributed by atoms with Crippen molar-refractivity contribution in [3.8, 4) is 28.3 Å². The molecule has 7 nitrogen and oxygen atoms in total. The van der Waals surface area contributed by atoms with E-state index in [4.69, 9.17) is 15.3 Å². The SMILES string of the molecule is Cc1ccc2c(c1)[C@@H](C)Oc1cc(cnc1N)-c1cc(S(C)(=N)=O)ccc1Cn1ccnc1-2. The highest BCUT2D eigenvalue weighted by Crippen LogP contribution is 2.37. The largest absolute Gasteiger partial charge is 0.482 e. The number of fused-ring (bicyclic) bond motifs is 7. The smallest absolute Gasteiger partial charge is 0.166 e. The van der Waals surface area contributed by atoms with Gasteiger partial charge in [-0.3, -0.25) is 0 Å². The summed E-state index contributed by atoms with van der Waals surface area (Å²) in [6, 6.07) is 13.6. The molecule has 0 fully saturated rings. The summed E-state index contributed by atoms with van der Waals surface area (Å²) in [5.41, 5.74) is 11.9. The van der Waals surface area contributed by atoms with E-state index in [2.05, 4.69) is 39.7 Å². The third kappa shape index (κ3) is 3.87. The van der Waals surface area contributed by atoms with Gasteiger partial charge in [0.2, 0.25) is 0 Å². The first-order chi connectivity index (χ1) is 15.7. The Bertz CT molecular complexity index is 1490. The fourth-order valence-corrected chi connectivity index (χ4v) is 4.91. The van der Waals surface area contributed by atoms with Gasteiger partial charge < -0.3 is 15.0 Å². The Morgan fingerprint density at radius 3 is 2.76 bits per heavy atom. The zero-order chi connectivity index (χ0) is 23.3. The molecule has 0 spiro atoms. The maximum atomic E-state index is 12.5. The Balaban J connectivity index is 1.80. The minimum Gasteiger partial charge on any atom is -0.482 e. The fraction of sp³-hybridized carbons (Fsp3) is 0.200. The van der Waals surface area contributed by atoms with Gasteiger partial charge in [-0.05, 0) is 43.2 Å². The van der Waals surface area contributed by atoms with Gasteiger partial charge in [0.25, 0.3) is 0 Å². The van der Waals surface area contributed by atoms with Crippen LogP contribution in [0.25, 0.3) is 22.5 Å². The molecular formula is C25H25N5O2S. The van der Waals surface area contributed by atoms with E-state index < -0.39 is 9.73 Å². The lowest BCUT2D eigenvalue weighted by Gasteiger charge is -2.22. The monoisotopic (exact) mass is 459 g/mol. The Kier molecular flexibility index (Phi) is 4.97. The normalized spacial score (nSPS) is 16.8. The maximum absolute atomic E-state index is 12.5. The molecule has 0 amide bonds. The van der Waals surface area contributed by atoms with Gasteiger partial charge in [0.15, 0.2) is 11.6 Å². The molecule has 4 aromatic rings. The number of nitrogens with zero attached hydrogens (tertiary/aromatic N) is 3. The second-order valence-electron chi connectivity index (χ2n) is 8.50. The highest BCUT2D eigenvalue weighted by Gasteiger charge is 2.21. The van der Waals surface area contributed by atoms with Crippen LogP contribution in [0.5, 0.6) is 5.75 Å². The standard InChI is InChI=1S/C25H25N5O2S/c1-15-4-7-20-21(10-15)16(2)32-23-11-18(13-29-24(23)26)22-12-19(33(3,27)31)6-5-17(22)14-30-9-8-28-25(20)30/h4-13,16,27H,14H2,1-3H3,(H2,26,29)/t16-,33?/m1/s1. The third-order valence-corrected chi connectivity index (χ3v) is 7.12. The second-order valence-corrected chi connectivity index (χ2v) is 10.7. The van der Waals surface area contributed by atoms with E-state index in [1.54, 1.807) is 18.5 Å². The van der Waals surface area contributed by atoms with Gasteiger partial charge in [0.1, 0.15) is 11.9 Å². The van der Waals surface area contributed by atoms with Crippen LogP contribution in [0, 0.1) is 11.7 Å².